The first-order valence-corrected chi connectivity index (χ1v) is 7.00. The number of rotatable bonds is 3. The molecule has 1 fully saturated rings. The number of amides is 1. The Kier molecular flexibility index (Phi) is 3.70. The fourth-order valence-electron chi connectivity index (χ4n) is 2.58. The van der Waals surface area contributed by atoms with Crippen LogP contribution in [0.5, 0.6) is 0 Å². The Morgan fingerprint density at radius 1 is 1.29 bits per heavy atom. The molecule has 1 amide bonds. The Hall–Kier alpha value is -2.21. The van der Waals surface area contributed by atoms with E-state index in [2.05, 4.69) is 52.8 Å². The van der Waals surface area contributed by atoms with E-state index in [-0.39, 0.29) is 18.5 Å². The van der Waals surface area contributed by atoms with E-state index < -0.39 is 0 Å². The van der Waals surface area contributed by atoms with Gasteiger partial charge < -0.3 is 9.84 Å². The predicted molar refractivity (Wildman–Crippen MR) is 76.8 cm³/mol. The second-order valence-electron chi connectivity index (χ2n) is 5.46. The van der Waals surface area contributed by atoms with E-state index in [0.29, 0.717) is 24.7 Å². The minimum Gasteiger partial charge on any atom is -0.353 e. The second-order valence-corrected chi connectivity index (χ2v) is 5.46. The number of aryl methyl sites for hydroxylation is 2. The van der Waals surface area contributed by atoms with Gasteiger partial charge in [0.2, 0.25) is 11.8 Å². The van der Waals surface area contributed by atoms with E-state index in [1.165, 1.54) is 16.7 Å². The fraction of sp³-hybridized carbons (Fsp3) is 0.400. The summed E-state index contributed by atoms with van der Waals surface area (Å²) in [6.07, 6.45) is 0.644. The van der Waals surface area contributed by atoms with Crippen LogP contribution in [0.3, 0.4) is 0 Å². The molecule has 2 N–H and O–H groups in total. The number of carbonyl (C=O) groups excluding carboxylic acids is 1. The summed E-state index contributed by atoms with van der Waals surface area (Å²) >= 11 is 0. The van der Waals surface area contributed by atoms with E-state index in [9.17, 15) is 4.79 Å². The molecule has 21 heavy (non-hydrogen) atoms. The highest BCUT2D eigenvalue weighted by Crippen LogP contribution is 2.15. The summed E-state index contributed by atoms with van der Waals surface area (Å²) in [5.74, 6) is 1.17. The minimum absolute atomic E-state index is 0.0128. The Morgan fingerprint density at radius 2 is 2.05 bits per heavy atom. The van der Waals surface area contributed by atoms with Crippen molar-refractivity contribution in [2.45, 2.75) is 26.3 Å². The topological polar surface area (TPSA) is 80.0 Å². The van der Waals surface area contributed by atoms with Gasteiger partial charge in [0.1, 0.15) is 6.04 Å². The lowest BCUT2D eigenvalue weighted by Crippen LogP contribution is -2.47. The summed E-state index contributed by atoms with van der Waals surface area (Å²) in [4.78, 5) is 15.5. The molecule has 1 atom stereocenters. The van der Waals surface area contributed by atoms with Gasteiger partial charge in [-0.15, -0.1) is 0 Å². The lowest BCUT2D eigenvalue weighted by molar-refractivity contribution is -0.121. The lowest BCUT2D eigenvalue weighted by atomic mass is 10.1. The Bertz CT molecular complexity index is 635. The predicted octanol–water partition coefficient (Wildman–Crippen LogP) is 1.04. The Labute approximate surface area is 122 Å². The molecule has 110 valence electrons. The second kappa shape index (κ2) is 5.65. The highest BCUT2D eigenvalue weighted by Gasteiger charge is 2.23. The zero-order valence-electron chi connectivity index (χ0n) is 12.1. The van der Waals surface area contributed by atoms with Crippen molar-refractivity contribution in [3.8, 4) is 0 Å². The quantitative estimate of drug-likeness (QED) is 0.881. The van der Waals surface area contributed by atoms with Gasteiger partial charge in [-0.1, -0.05) is 34.5 Å². The van der Waals surface area contributed by atoms with Crippen LogP contribution in [0, 0.1) is 13.8 Å². The number of carbonyl (C=O) groups is 1. The van der Waals surface area contributed by atoms with E-state index in [0.717, 1.165) is 0 Å². The van der Waals surface area contributed by atoms with Gasteiger partial charge in [0, 0.05) is 13.0 Å². The fourth-order valence-corrected chi connectivity index (χ4v) is 2.58. The highest BCUT2D eigenvalue weighted by atomic mass is 16.5. The summed E-state index contributed by atoms with van der Waals surface area (Å²) in [7, 11) is 0. The van der Waals surface area contributed by atoms with Crippen LogP contribution in [-0.4, -0.2) is 29.1 Å². The van der Waals surface area contributed by atoms with Crippen LogP contribution < -0.4 is 10.6 Å². The molecule has 1 aliphatic heterocycles. The lowest BCUT2D eigenvalue weighted by Gasteiger charge is -2.20. The first-order chi connectivity index (χ1) is 10.1. The molecule has 0 saturated carbocycles. The molecule has 2 aromatic rings. The average molecular weight is 286 g/mol. The van der Waals surface area contributed by atoms with Crippen molar-refractivity contribution in [1.29, 1.82) is 0 Å². The molecule has 1 unspecified atom stereocenters. The van der Waals surface area contributed by atoms with Crippen LogP contribution in [0.1, 0.15) is 34.4 Å². The van der Waals surface area contributed by atoms with Gasteiger partial charge in [0.15, 0.2) is 5.82 Å². The van der Waals surface area contributed by atoms with E-state index in [1.807, 2.05) is 0 Å². The molecule has 0 radical (unpaired) electrons. The summed E-state index contributed by atoms with van der Waals surface area (Å²) in [6.45, 7) is 4.91. The molecular formula is C15H18N4O2. The number of aromatic nitrogens is 2. The van der Waals surface area contributed by atoms with Crippen LogP contribution in [0.25, 0.3) is 0 Å². The first kappa shape index (κ1) is 13.8. The van der Waals surface area contributed by atoms with Gasteiger partial charge in [-0.2, -0.15) is 4.98 Å². The van der Waals surface area contributed by atoms with Crippen LogP contribution in [0.2, 0.25) is 0 Å². The zero-order chi connectivity index (χ0) is 14.8. The number of hydrogen-bond donors (Lipinski definition) is 2. The standard InChI is InChI=1S/C15H18N4O2/c1-9-3-10(2)5-11(4-9)6-13-18-15(21-19-13)12-7-17-14(20)8-16-12/h3-5,12,16H,6-8H2,1-2H3,(H,17,20). The summed E-state index contributed by atoms with van der Waals surface area (Å²) in [6, 6.07) is 6.28. The molecule has 0 bridgehead atoms. The first-order valence-electron chi connectivity index (χ1n) is 7.00. The molecule has 1 aromatic carbocycles. The highest BCUT2D eigenvalue weighted by molar-refractivity contribution is 5.78. The normalized spacial score (nSPS) is 18.6. The van der Waals surface area contributed by atoms with Gasteiger partial charge in [-0.05, 0) is 19.4 Å². The van der Waals surface area contributed by atoms with Crippen molar-refractivity contribution >= 4 is 5.91 Å². The monoisotopic (exact) mass is 286 g/mol. The average Bonchev–Trinajstić information content (AvgIpc) is 2.87. The van der Waals surface area contributed by atoms with Crippen LogP contribution in [-0.2, 0) is 11.2 Å². The van der Waals surface area contributed by atoms with Crippen LogP contribution in [0.15, 0.2) is 22.7 Å². The summed E-state index contributed by atoms with van der Waals surface area (Å²) in [5.41, 5.74) is 3.63. The molecule has 6 heteroatoms. The van der Waals surface area contributed by atoms with Gasteiger partial charge in [0.25, 0.3) is 0 Å². The van der Waals surface area contributed by atoms with Crippen molar-refractivity contribution in [3.05, 3.63) is 46.6 Å². The maximum Gasteiger partial charge on any atom is 0.245 e. The summed E-state index contributed by atoms with van der Waals surface area (Å²) in [5, 5.41) is 9.87. The van der Waals surface area contributed by atoms with Crippen LogP contribution in [0.4, 0.5) is 0 Å². The maximum atomic E-state index is 11.1. The smallest absolute Gasteiger partial charge is 0.245 e. The number of nitrogens with one attached hydrogen (secondary N) is 2. The van der Waals surface area contributed by atoms with Crippen molar-refractivity contribution in [3.63, 3.8) is 0 Å². The molecule has 6 nitrogen and oxygen atoms in total. The van der Waals surface area contributed by atoms with Crippen molar-refractivity contribution in [1.82, 2.24) is 20.8 Å². The Balaban J connectivity index is 1.71. The van der Waals surface area contributed by atoms with Crippen molar-refractivity contribution in [2.75, 3.05) is 13.1 Å². The molecule has 0 aliphatic carbocycles. The van der Waals surface area contributed by atoms with Gasteiger partial charge in [-0.25, -0.2) is 0 Å². The number of piperazine rings is 1. The number of benzene rings is 1. The Morgan fingerprint density at radius 3 is 2.71 bits per heavy atom. The molecule has 1 saturated heterocycles. The number of nitrogens with zero attached hydrogens (tertiary/aromatic N) is 2. The number of hydrogen-bond acceptors (Lipinski definition) is 5. The van der Waals surface area contributed by atoms with Crippen LogP contribution >= 0.6 is 0 Å². The summed E-state index contributed by atoms with van der Waals surface area (Å²) < 4.78 is 5.30. The van der Waals surface area contributed by atoms with Gasteiger partial charge in [-0.3, -0.25) is 10.1 Å². The van der Waals surface area contributed by atoms with Crippen molar-refractivity contribution < 1.29 is 9.32 Å². The third-order valence-corrected chi connectivity index (χ3v) is 3.44. The molecule has 0 spiro atoms. The van der Waals surface area contributed by atoms with E-state index in [4.69, 9.17) is 4.52 Å². The molecule has 1 aliphatic rings. The SMILES string of the molecule is Cc1cc(C)cc(Cc2noc(C3CNC(=O)CN3)n2)c1. The molecule has 1 aromatic heterocycles. The molecule has 2 heterocycles. The molecular weight excluding hydrogens is 268 g/mol. The van der Waals surface area contributed by atoms with Gasteiger partial charge >= 0.3 is 0 Å². The van der Waals surface area contributed by atoms with Gasteiger partial charge in [0.05, 0.1) is 6.54 Å². The third kappa shape index (κ3) is 3.28. The third-order valence-electron chi connectivity index (χ3n) is 3.44. The molecule has 3 rings (SSSR count). The zero-order valence-corrected chi connectivity index (χ0v) is 12.1. The van der Waals surface area contributed by atoms with E-state index >= 15 is 0 Å². The minimum atomic E-state index is -0.108. The van der Waals surface area contributed by atoms with E-state index in [1.54, 1.807) is 0 Å². The largest absolute Gasteiger partial charge is 0.353 e. The van der Waals surface area contributed by atoms with Crippen molar-refractivity contribution in [2.24, 2.45) is 0 Å². The maximum absolute atomic E-state index is 11.1.